The van der Waals surface area contributed by atoms with Crippen LogP contribution < -0.4 is 10.4 Å². The van der Waals surface area contributed by atoms with Gasteiger partial charge in [0.2, 0.25) is 0 Å². The third-order valence-corrected chi connectivity index (χ3v) is 3.44. The molecule has 0 aliphatic heterocycles. The number of hydrogen-bond donors (Lipinski definition) is 1. The number of halogens is 1. The molecular weight excluding hydrogens is 316 g/mol. The lowest BCUT2D eigenvalue weighted by Crippen LogP contribution is -2.09. The molecule has 1 heterocycles. The van der Waals surface area contributed by atoms with Crippen molar-refractivity contribution in [2.45, 2.75) is 13.3 Å². The Morgan fingerprint density at radius 1 is 1.47 bits per heavy atom. The van der Waals surface area contributed by atoms with E-state index in [9.17, 15) is 9.59 Å². The fourth-order valence-electron chi connectivity index (χ4n) is 1.80. The molecule has 0 aliphatic rings. The molecule has 1 N–H and O–H groups in total. The van der Waals surface area contributed by atoms with E-state index in [1.54, 1.807) is 12.1 Å². The number of ether oxygens (including phenoxy) is 1. The summed E-state index contributed by atoms with van der Waals surface area (Å²) in [6.45, 7) is 1.50. The van der Waals surface area contributed by atoms with Gasteiger partial charge in [-0.1, -0.05) is 6.92 Å². The molecule has 5 nitrogen and oxygen atoms in total. The first-order valence-corrected chi connectivity index (χ1v) is 6.42. The van der Waals surface area contributed by atoms with Crippen molar-refractivity contribution in [2.75, 3.05) is 6.61 Å². The highest BCUT2D eigenvalue weighted by atomic mass is 79.9. The molecule has 19 heavy (non-hydrogen) atoms. The third-order valence-electron chi connectivity index (χ3n) is 2.64. The number of carboxylic acid groups (broad SMARTS) is 1. The van der Waals surface area contributed by atoms with E-state index >= 15 is 0 Å². The van der Waals surface area contributed by atoms with Crippen LogP contribution in [0.15, 0.2) is 31.9 Å². The van der Waals surface area contributed by atoms with Crippen LogP contribution in [-0.2, 0) is 11.2 Å². The fraction of sp³-hybridized carbons (Fsp3) is 0.231. The van der Waals surface area contributed by atoms with E-state index < -0.39 is 18.2 Å². The molecule has 1 aromatic carbocycles. The first kappa shape index (κ1) is 13.6. The number of benzene rings is 1. The summed E-state index contributed by atoms with van der Waals surface area (Å²) in [6.07, 6.45) is 0.679. The van der Waals surface area contributed by atoms with Gasteiger partial charge in [-0.05, 0) is 40.0 Å². The van der Waals surface area contributed by atoms with Crippen LogP contribution in [0.4, 0.5) is 0 Å². The van der Waals surface area contributed by atoms with Crippen LogP contribution in [0.3, 0.4) is 0 Å². The average molecular weight is 327 g/mol. The van der Waals surface area contributed by atoms with Gasteiger partial charge >= 0.3 is 11.6 Å². The van der Waals surface area contributed by atoms with Crippen LogP contribution in [-0.4, -0.2) is 17.7 Å². The Morgan fingerprint density at radius 3 is 2.84 bits per heavy atom. The van der Waals surface area contributed by atoms with E-state index in [-0.39, 0.29) is 0 Å². The summed E-state index contributed by atoms with van der Waals surface area (Å²) in [5.41, 5.74) is 0.781. The molecule has 1 aromatic heterocycles. The number of carboxylic acids is 1. The number of aryl methyl sites for hydroxylation is 1. The number of fused-ring (bicyclic) bond motifs is 1. The monoisotopic (exact) mass is 326 g/mol. The zero-order valence-corrected chi connectivity index (χ0v) is 11.7. The molecule has 6 heteroatoms. The van der Waals surface area contributed by atoms with Gasteiger partial charge in [0.05, 0.1) is 0 Å². The van der Waals surface area contributed by atoms with Crippen molar-refractivity contribution in [3.63, 3.8) is 0 Å². The summed E-state index contributed by atoms with van der Waals surface area (Å²) in [5, 5.41) is 9.35. The Morgan fingerprint density at radius 2 is 2.21 bits per heavy atom. The Bertz CT molecular complexity index is 689. The average Bonchev–Trinajstić information content (AvgIpc) is 2.38. The van der Waals surface area contributed by atoms with Crippen molar-refractivity contribution >= 4 is 32.9 Å². The Kier molecular flexibility index (Phi) is 3.90. The number of carbonyl (C=O) groups is 1. The number of rotatable bonds is 4. The lowest BCUT2D eigenvalue weighted by molar-refractivity contribution is -0.139. The van der Waals surface area contributed by atoms with Gasteiger partial charge in [-0.2, -0.15) is 0 Å². The second-order valence-electron chi connectivity index (χ2n) is 3.88. The highest BCUT2D eigenvalue weighted by Gasteiger charge is 2.12. The summed E-state index contributed by atoms with van der Waals surface area (Å²) in [5.74, 6) is -0.714. The Balaban J connectivity index is 2.52. The minimum absolute atomic E-state index is 0.349. The first-order valence-electron chi connectivity index (χ1n) is 5.62. The second kappa shape index (κ2) is 5.44. The maximum absolute atomic E-state index is 11.6. The lowest BCUT2D eigenvalue weighted by Gasteiger charge is -2.07. The van der Waals surface area contributed by atoms with Crippen LogP contribution in [0.5, 0.6) is 5.75 Å². The molecule has 0 spiro atoms. The summed E-state index contributed by atoms with van der Waals surface area (Å²) < 4.78 is 10.6. The van der Waals surface area contributed by atoms with Crippen molar-refractivity contribution in [1.29, 1.82) is 0 Å². The van der Waals surface area contributed by atoms with Crippen molar-refractivity contribution in [3.05, 3.63) is 38.7 Å². The molecule has 0 bridgehead atoms. The van der Waals surface area contributed by atoms with Crippen molar-refractivity contribution in [2.24, 2.45) is 0 Å². The third kappa shape index (κ3) is 2.78. The van der Waals surface area contributed by atoms with E-state index in [2.05, 4.69) is 15.9 Å². The normalized spacial score (nSPS) is 10.6. The maximum Gasteiger partial charge on any atom is 0.350 e. The van der Waals surface area contributed by atoms with Crippen LogP contribution in [0.2, 0.25) is 0 Å². The maximum atomic E-state index is 11.6. The minimum atomic E-state index is -1.06. The molecule has 0 aliphatic carbocycles. The van der Waals surface area contributed by atoms with Crippen LogP contribution in [0.25, 0.3) is 11.0 Å². The van der Waals surface area contributed by atoms with Crippen molar-refractivity contribution in [3.8, 4) is 5.75 Å². The topological polar surface area (TPSA) is 76.7 Å². The van der Waals surface area contributed by atoms with E-state index in [0.717, 1.165) is 10.9 Å². The molecule has 0 radical (unpaired) electrons. The second-order valence-corrected chi connectivity index (χ2v) is 4.67. The molecule has 2 rings (SSSR count). The number of aliphatic carboxylic acids is 1. The zero-order valence-electron chi connectivity index (χ0n) is 10.1. The van der Waals surface area contributed by atoms with Crippen molar-refractivity contribution < 1.29 is 19.1 Å². The summed E-state index contributed by atoms with van der Waals surface area (Å²) in [4.78, 5) is 22.1. The fourth-order valence-corrected chi connectivity index (χ4v) is 2.38. The smallest absolute Gasteiger partial charge is 0.350 e. The van der Waals surface area contributed by atoms with Gasteiger partial charge < -0.3 is 14.3 Å². The van der Waals surface area contributed by atoms with E-state index in [1.807, 2.05) is 6.92 Å². The first-order chi connectivity index (χ1) is 9.02. The molecule has 0 saturated carbocycles. The number of hydrogen-bond acceptors (Lipinski definition) is 4. The predicted octanol–water partition coefficient (Wildman–Crippen LogP) is 2.58. The lowest BCUT2D eigenvalue weighted by atomic mass is 10.1. The van der Waals surface area contributed by atoms with Crippen LogP contribution >= 0.6 is 15.9 Å². The highest BCUT2D eigenvalue weighted by Crippen LogP contribution is 2.27. The van der Waals surface area contributed by atoms with Gasteiger partial charge in [0, 0.05) is 11.5 Å². The Labute approximate surface area is 116 Å². The van der Waals surface area contributed by atoms with Gasteiger partial charge in [0.1, 0.15) is 15.8 Å². The summed E-state index contributed by atoms with van der Waals surface area (Å²) in [7, 11) is 0. The molecular formula is C13H11BrO5. The highest BCUT2D eigenvalue weighted by molar-refractivity contribution is 9.10. The molecule has 0 amide bonds. The quantitative estimate of drug-likeness (QED) is 0.874. The van der Waals surface area contributed by atoms with E-state index in [0.29, 0.717) is 22.2 Å². The van der Waals surface area contributed by atoms with Gasteiger partial charge in [0.25, 0.3) is 0 Å². The molecule has 0 unspecified atom stereocenters. The minimum Gasteiger partial charge on any atom is -0.482 e. The van der Waals surface area contributed by atoms with Crippen LogP contribution in [0.1, 0.15) is 12.5 Å². The van der Waals surface area contributed by atoms with E-state index in [1.165, 1.54) is 6.07 Å². The predicted molar refractivity (Wildman–Crippen MR) is 72.7 cm³/mol. The van der Waals surface area contributed by atoms with Gasteiger partial charge in [0.15, 0.2) is 6.61 Å². The van der Waals surface area contributed by atoms with Gasteiger partial charge in [-0.15, -0.1) is 0 Å². The standard InChI is InChI=1S/C13H11BrO5/c1-2-8-9-4-3-7(18-6-11(15)16)5-10(9)19-13(17)12(8)14/h3-5H,2,6H2,1H3,(H,15,16). The molecule has 0 atom stereocenters. The molecule has 0 saturated heterocycles. The molecule has 100 valence electrons. The molecule has 2 aromatic rings. The van der Waals surface area contributed by atoms with Crippen LogP contribution in [0, 0.1) is 0 Å². The SMILES string of the molecule is CCc1c(Br)c(=O)oc2cc(OCC(=O)O)ccc12. The summed E-state index contributed by atoms with van der Waals surface area (Å²) in [6, 6.07) is 4.92. The zero-order chi connectivity index (χ0) is 14.0. The van der Waals surface area contributed by atoms with Crippen molar-refractivity contribution in [1.82, 2.24) is 0 Å². The van der Waals surface area contributed by atoms with Gasteiger partial charge in [-0.25, -0.2) is 9.59 Å². The summed E-state index contributed by atoms with van der Waals surface area (Å²) >= 11 is 3.21. The Hall–Kier alpha value is -1.82. The molecule has 0 fully saturated rings. The largest absolute Gasteiger partial charge is 0.482 e. The van der Waals surface area contributed by atoms with E-state index in [4.69, 9.17) is 14.3 Å². The van der Waals surface area contributed by atoms with Gasteiger partial charge in [-0.3, -0.25) is 0 Å².